The molecule has 0 aliphatic carbocycles. The van der Waals surface area contributed by atoms with Crippen LogP contribution in [0.3, 0.4) is 0 Å². The lowest BCUT2D eigenvalue weighted by Gasteiger charge is -2.19. The Hall–Kier alpha value is -1.12. The molecule has 0 atom stereocenters. The molecular weight excluding hydrogens is 157 g/mol. The highest BCUT2D eigenvalue weighted by molar-refractivity contribution is 5.11. The number of pyridine rings is 1. The molecular formula is C9H12FNO. The Bertz CT molecular complexity index is 390. The summed E-state index contributed by atoms with van der Waals surface area (Å²) in [5, 5.41) is 0. The Balaban J connectivity index is 3.21. The Morgan fingerprint density at radius 1 is 1.50 bits per heavy atom. The molecule has 1 aromatic rings. The summed E-state index contributed by atoms with van der Waals surface area (Å²) < 4.78 is 40.1. The van der Waals surface area contributed by atoms with Crippen molar-refractivity contribution in [3.63, 3.8) is 0 Å². The van der Waals surface area contributed by atoms with E-state index >= 15 is 0 Å². The van der Waals surface area contributed by atoms with Gasteiger partial charge in [0.1, 0.15) is 5.60 Å². The van der Waals surface area contributed by atoms with Crippen molar-refractivity contribution in [3.8, 4) is 5.88 Å². The summed E-state index contributed by atoms with van der Waals surface area (Å²) in [6.07, 6.45) is 0. The summed E-state index contributed by atoms with van der Waals surface area (Å²) in [7, 11) is 0. The molecule has 2 nitrogen and oxygen atoms in total. The number of halogens is 1. The Labute approximate surface area is 75.6 Å². The minimum atomic E-state index is -1.09. The quantitative estimate of drug-likeness (QED) is 0.607. The highest BCUT2D eigenvalue weighted by Crippen LogP contribution is 2.14. The average Bonchev–Trinajstić information content (AvgIpc) is 2.08. The van der Waals surface area contributed by atoms with Gasteiger partial charge in [0.25, 0.3) is 0 Å². The third-order valence-corrected chi connectivity index (χ3v) is 0.938. The zero-order chi connectivity index (χ0) is 11.8. The summed E-state index contributed by atoms with van der Waals surface area (Å²) in [5.41, 5.74) is -0.620. The highest BCUT2D eigenvalue weighted by Gasteiger charge is 2.12. The van der Waals surface area contributed by atoms with Crippen molar-refractivity contribution < 1.29 is 13.2 Å². The fourth-order valence-corrected chi connectivity index (χ4v) is 0.620. The van der Waals surface area contributed by atoms with Gasteiger partial charge >= 0.3 is 0 Å². The molecule has 0 saturated carbocycles. The summed E-state index contributed by atoms with van der Waals surface area (Å²) in [6, 6.07) is -1.56. The molecule has 0 aromatic carbocycles. The summed E-state index contributed by atoms with van der Waals surface area (Å²) >= 11 is 0. The minimum absolute atomic E-state index is 0.249. The molecule has 0 spiro atoms. The molecule has 0 amide bonds. The second-order valence-electron chi connectivity index (χ2n) is 3.30. The van der Waals surface area contributed by atoms with Gasteiger partial charge in [0.2, 0.25) is 11.8 Å². The van der Waals surface area contributed by atoms with Gasteiger partial charge in [-0.2, -0.15) is 9.37 Å². The van der Waals surface area contributed by atoms with E-state index < -0.39 is 23.6 Å². The standard InChI is InChI=1S/C9H12FNO/c1-9(2,3)12-8-6-4-5-7(10)11-8/h4-6H,1-3H3/i4D,5D,6D. The van der Waals surface area contributed by atoms with Gasteiger partial charge in [-0.25, -0.2) is 0 Å². The van der Waals surface area contributed by atoms with E-state index in [1.807, 2.05) is 0 Å². The first-order valence-electron chi connectivity index (χ1n) is 5.04. The van der Waals surface area contributed by atoms with E-state index in [2.05, 4.69) is 4.98 Å². The van der Waals surface area contributed by atoms with Crippen LogP contribution in [-0.2, 0) is 0 Å². The van der Waals surface area contributed by atoms with Crippen LogP contribution in [0.25, 0.3) is 0 Å². The number of hydrogen-bond donors (Lipinski definition) is 0. The van der Waals surface area contributed by atoms with Crippen LogP contribution in [0, 0.1) is 5.95 Å². The maximum atomic E-state index is 13.0. The first-order chi connectivity index (χ1) is 6.72. The van der Waals surface area contributed by atoms with Gasteiger partial charge in [0.15, 0.2) is 0 Å². The average molecular weight is 172 g/mol. The van der Waals surface area contributed by atoms with Crippen LogP contribution in [0.1, 0.15) is 24.9 Å². The van der Waals surface area contributed by atoms with Crippen LogP contribution in [0.15, 0.2) is 18.1 Å². The zero-order valence-electron chi connectivity index (χ0n) is 10.2. The van der Waals surface area contributed by atoms with Crippen LogP contribution >= 0.6 is 0 Å². The van der Waals surface area contributed by atoms with Crippen molar-refractivity contribution in [1.82, 2.24) is 4.98 Å². The Kier molecular flexibility index (Phi) is 1.42. The lowest BCUT2D eigenvalue weighted by molar-refractivity contribution is 0.122. The van der Waals surface area contributed by atoms with E-state index in [0.717, 1.165) is 0 Å². The van der Waals surface area contributed by atoms with E-state index in [4.69, 9.17) is 8.85 Å². The fourth-order valence-electron chi connectivity index (χ4n) is 0.620. The van der Waals surface area contributed by atoms with Gasteiger partial charge in [-0.1, -0.05) is 6.04 Å². The summed E-state index contributed by atoms with van der Waals surface area (Å²) in [6.45, 7) is 5.18. The first kappa shape index (κ1) is 5.51. The molecule has 12 heavy (non-hydrogen) atoms. The lowest BCUT2D eigenvalue weighted by atomic mass is 10.2. The molecule has 0 saturated heterocycles. The monoisotopic (exact) mass is 172 g/mol. The second kappa shape index (κ2) is 3.09. The van der Waals surface area contributed by atoms with Crippen molar-refractivity contribution in [1.29, 1.82) is 0 Å². The van der Waals surface area contributed by atoms with Gasteiger partial charge in [0, 0.05) is 6.04 Å². The molecule has 1 aromatic heterocycles. The molecule has 0 bridgehead atoms. The van der Waals surface area contributed by atoms with Gasteiger partial charge in [0.05, 0.1) is 4.11 Å². The van der Waals surface area contributed by atoms with Crippen LogP contribution in [0.5, 0.6) is 5.88 Å². The van der Waals surface area contributed by atoms with E-state index in [1.165, 1.54) is 0 Å². The van der Waals surface area contributed by atoms with Gasteiger partial charge in [-0.15, -0.1) is 0 Å². The van der Waals surface area contributed by atoms with Gasteiger partial charge in [-0.05, 0) is 26.8 Å². The van der Waals surface area contributed by atoms with Crippen molar-refractivity contribution in [2.45, 2.75) is 26.4 Å². The SMILES string of the molecule is [2H]c1c(F)nc(OC(C)(C)C)c([2H])c1[2H]. The van der Waals surface area contributed by atoms with Gasteiger partial charge < -0.3 is 4.74 Å². The molecule has 66 valence electrons. The number of hydrogen-bond acceptors (Lipinski definition) is 2. The topological polar surface area (TPSA) is 22.1 Å². The number of ether oxygens (including phenoxy) is 1. The molecule has 3 heteroatoms. The van der Waals surface area contributed by atoms with Crippen LogP contribution in [-0.4, -0.2) is 10.6 Å². The van der Waals surface area contributed by atoms with E-state index in [9.17, 15) is 4.39 Å². The van der Waals surface area contributed by atoms with E-state index in [0.29, 0.717) is 0 Å². The largest absolute Gasteiger partial charge is 0.472 e. The smallest absolute Gasteiger partial charge is 0.216 e. The second-order valence-corrected chi connectivity index (χ2v) is 3.30. The molecule has 1 heterocycles. The van der Waals surface area contributed by atoms with Crippen LogP contribution < -0.4 is 4.74 Å². The minimum Gasteiger partial charge on any atom is -0.472 e. The third-order valence-electron chi connectivity index (χ3n) is 0.938. The fraction of sp³-hybridized carbons (Fsp3) is 0.444. The van der Waals surface area contributed by atoms with Crippen molar-refractivity contribution in [2.24, 2.45) is 0 Å². The summed E-state index contributed by atoms with van der Waals surface area (Å²) in [4.78, 5) is 3.33. The molecule has 0 fully saturated rings. The number of rotatable bonds is 1. The molecule has 0 radical (unpaired) electrons. The molecule has 0 aliphatic heterocycles. The predicted octanol–water partition coefficient (Wildman–Crippen LogP) is 2.40. The predicted molar refractivity (Wildman–Crippen MR) is 44.6 cm³/mol. The maximum absolute atomic E-state index is 13.0. The van der Waals surface area contributed by atoms with Crippen LogP contribution in [0.4, 0.5) is 4.39 Å². The van der Waals surface area contributed by atoms with E-state index in [-0.39, 0.29) is 11.9 Å². The summed E-state index contributed by atoms with van der Waals surface area (Å²) in [5.74, 6) is -1.34. The van der Waals surface area contributed by atoms with Crippen molar-refractivity contribution in [2.75, 3.05) is 0 Å². The molecule has 0 N–H and O–H groups in total. The number of aromatic nitrogens is 1. The Morgan fingerprint density at radius 3 is 2.75 bits per heavy atom. The van der Waals surface area contributed by atoms with Crippen molar-refractivity contribution in [3.05, 3.63) is 24.1 Å². The van der Waals surface area contributed by atoms with E-state index in [1.54, 1.807) is 20.8 Å². The lowest BCUT2D eigenvalue weighted by Crippen LogP contribution is -2.23. The number of nitrogens with zero attached hydrogens (tertiary/aromatic N) is 1. The maximum Gasteiger partial charge on any atom is 0.216 e. The van der Waals surface area contributed by atoms with Gasteiger partial charge in [-0.3, -0.25) is 0 Å². The zero-order valence-corrected chi connectivity index (χ0v) is 7.23. The van der Waals surface area contributed by atoms with Crippen molar-refractivity contribution >= 4 is 0 Å². The van der Waals surface area contributed by atoms with Crippen LogP contribution in [0.2, 0.25) is 0 Å². The third kappa shape index (κ3) is 2.86. The first-order valence-corrected chi connectivity index (χ1v) is 3.54. The highest BCUT2D eigenvalue weighted by atomic mass is 19.1. The molecule has 0 aliphatic rings. The normalized spacial score (nSPS) is 14.8. The Morgan fingerprint density at radius 2 is 2.17 bits per heavy atom. The molecule has 0 unspecified atom stereocenters. The molecule has 1 rings (SSSR count).